The first-order valence-electron chi connectivity index (χ1n) is 5.17. The molecule has 0 saturated carbocycles. The summed E-state index contributed by atoms with van der Waals surface area (Å²) in [7, 11) is -1.44. The summed E-state index contributed by atoms with van der Waals surface area (Å²) in [5, 5.41) is 9.08. The quantitative estimate of drug-likeness (QED) is 0.838. The van der Waals surface area contributed by atoms with E-state index in [9.17, 15) is 9.00 Å². The van der Waals surface area contributed by atoms with Gasteiger partial charge in [0.2, 0.25) is 0 Å². The van der Waals surface area contributed by atoms with E-state index in [4.69, 9.17) is 9.84 Å². The number of hydrogen-bond acceptors (Lipinski definition) is 4. The highest BCUT2D eigenvalue weighted by atomic mass is 32.2. The molecule has 17 heavy (non-hydrogen) atoms. The average molecular weight is 256 g/mol. The van der Waals surface area contributed by atoms with Gasteiger partial charge in [-0.1, -0.05) is 0 Å². The van der Waals surface area contributed by atoms with Gasteiger partial charge in [0.05, 0.1) is 10.8 Å². The molecule has 0 heterocycles. The van der Waals surface area contributed by atoms with E-state index in [-0.39, 0.29) is 11.5 Å². The molecule has 0 radical (unpaired) electrons. The predicted molar refractivity (Wildman–Crippen MR) is 65.2 cm³/mol. The molecule has 0 fully saturated rings. The lowest BCUT2D eigenvalue weighted by Gasteiger charge is -2.19. The minimum absolute atomic E-state index is 0.100. The van der Waals surface area contributed by atoms with Crippen molar-refractivity contribution in [1.29, 1.82) is 0 Å². The first-order valence-corrected chi connectivity index (χ1v) is 6.49. The number of phenolic OH excluding ortho intramolecular Hbond substituents is 1. The number of rotatable bonds is 3. The van der Waals surface area contributed by atoms with Gasteiger partial charge in [0, 0.05) is 4.90 Å². The number of esters is 1. The molecule has 0 aromatic heterocycles. The maximum atomic E-state index is 11.8. The summed E-state index contributed by atoms with van der Waals surface area (Å²) in [6.07, 6.45) is 0. The molecule has 1 rings (SSSR count). The molecule has 0 aliphatic carbocycles. The van der Waals surface area contributed by atoms with E-state index < -0.39 is 22.4 Å². The molecule has 0 saturated heterocycles. The highest BCUT2D eigenvalue weighted by Gasteiger charge is 2.18. The van der Waals surface area contributed by atoms with Gasteiger partial charge in [-0.05, 0) is 45.0 Å². The van der Waals surface area contributed by atoms with Gasteiger partial charge in [-0.2, -0.15) is 0 Å². The average Bonchev–Trinajstić information content (AvgIpc) is 2.15. The smallest absolute Gasteiger partial charge is 0.319 e. The van der Waals surface area contributed by atoms with Crippen molar-refractivity contribution in [2.45, 2.75) is 31.3 Å². The van der Waals surface area contributed by atoms with Crippen LogP contribution in [-0.4, -0.2) is 26.6 Å². The first-order chi connectivity index (χ1) is 7.78. The molecule has 1 aromatic rings. The third-order valence-corrected chi connectivity index (χ3v) is 3.06. The molecule has 1 aromatic carbocycles. The number of hydrogen-bond donors (Lipinski definition) is 1. The van der Waals surface area contributed by atoms with Crippen LogP contribution in [-0.2, 0) is 20.3 Å². The van der Waals surface area contributed by atoms with Gasteiger partial charge in [0.15, 0.2) is 0 Å². The lowest BCUT2D eigenvalue weighted by molar-refractivity contribution is -0.151. The number of carbonyl (C=O) groups is 1. The largest absolute Gasteiger partial charge is 0.508 e. The second-order valence-electron chi connectivity index (χ2n) is 4.57. The van der Waals surface area contributed by atoms with E-state index in [1.807, 2.05) is 0 Å². The molecule has 4 nitrogen and oxygen atoms in total. The van der Waals surface area contributed by atoms with Crippen LogP contribution < -0.4 is 0 Å². The summed E-state index contributed by atoms with van der Waals surface area (Å²) in [6, 6.07) is 5.91. The third kappa shape index (κ3) is 4.99. The summed E-state index contributed by atoms with van der Waals surface area (Å²) in [6.45, 7) is 5.27. The van der Waals surface area contributed by atoms with Crippen molar-refractivity contribution >= 4 is 16.8 Å². The monoisotopic (exact) mass is 256 g/mol. The van der Waals surface area contributed by atoms with Crippen molar-refractivity contribution in [3.05, 3.63) is 24.3 Å². The fourth-order valence-electron chi connectivity index (χ4n) is 1.16. The van der Waals surface area contributed by atoms with Crippen LogP contribution in [0.15, 0.2) is 29.2 Å². The van der Waals surface area contributed by atoms with Crippen LogP contribution >= 0.6 is 0 Å². The molecule has 1 atom stereocenters. The summed E-state index contributed by atoms with van der Waals surface area (Å²) in [5.74, 6) is -0.575. The summed E-state index contributed by atoms with van der Waals surface area (Å²) < 4.78 is 16.9. The Bertz CT molecular complexity index is 417. The Hall–Kier alpha value is -1.36. The van der Waals surface area contributed by atoms with E-state index in [1.54, 1.807) is 20.8 Å². The van der Waals surface area contributed by atoms with E-state index in [0.29, 0.717) is 4.90 Å². The highest BCUT2D eigenvalue weighted by Crippen LogP contribution is 2.14. The molecule has 0 amide bonds. The maximum Gasteiger partial charge on any atom is 0.319 e. The Balaban J connectivity index is 2.61. The Labute approximate surface area is 103 Å². The molecular formula is C12H16O4S. The molecule has 1 N–H and O–H groups in total. The molecular weight excluding hydrogens is 240 g/mol. The fourth-order valence-corrected chi connectivity index (χ4v) is 2.04. The summed E-state index contributed by atoms with van der Waals surface area (Å²) in [4.78, 5) is 11.9. The zero-order chi connectivity index (χ0) is 13.1. The number of ether oxygens (including phenoxy) is 1. The van der Waals surface area contributed by atoms with Gasteiger partial charge in [-0.3, -0.25) is 9.00 Å². The zero-order valence-electron chi connectivity index (χ0n) is 10.1. The molecule has 0 bridgehead atoms. The minimum Gasteiger partial charge on any atom is -0.508 e. The molecule has 0 aliphatic heterocycles. The van der Waals surface area contributed by atoms with Gasteiger partial charge in [-0.25, -0.2) is 0 Å². The number of carbonyl (C=O) groups excluding carboxylic acids is 1. The van der Waals surface area contributed by atoms with Crippen LogP contribution in [0.1, 0.15) is 20.8 Å². The van der Waals surface area contributed by atoms with Crippen molar-refractivity contribution in [2.24, 2.45) is 0 Å². The highest BCUT2D eigenvalue weighted by molar-refractivity contribution is 7.85. The normalized spacial score (nSPS) is 13.1. The van der Waals surface area contributed by atoms with E-state index in [1.165, 1.54) is 24.3 Å². The van der Waals surface area contributed by atoms with Crippen LogP contribution in [0.4, 0.5) is 0 Å². The molecule has 0 aliphatic rings. The maximum absolute atomic E-state index is 11.8. The molecule has 94 valence electrons. The van der Waals surface area contributed by atoms with Gasteiger partial charge >= 0.3 is 5.97 Å². The summed E-state index contributed by atoms with van der Waals surface area (Å²) in [5.41, 5.74) is -0.573. The Morgan fingerprint density at radius 2 is 1.82 bits per heavy atom. The molecule has 0 spiro atoms. The van der Waals surface area contributed by atoms with Crippen molar-refractivity contribution in [2.75, 3.05) is 5.75 Å². The minimum atomic E-state index is -1.44. The third-order valence-electron chi connectivity index (χ3n) is 1.77. The van der Waals surface area contributed by atoms with Crippen LogP contribution in [0.5, 0.6) is 5.75 Å². The lowest BCUT2D eigenvalue weighted by Crippen LogP contribution is -2.27. The SMILES string of the molecule is CC(C)(C)OC(=O)CS(=O)c1ccc(O)cc1. The number of benzene rings is 1. The first kappa shape index (κ1) is 13.7. The zero-order valence-corrected chi connectivity index (χ0v) is 10.9. The lowest BCUT2D eigenvalue weighted by atomic mass is 10.2. The van der Waals surface area contributed by atoms with Crippen molar-refractivity contribution in [1.82, 2.24) is 0 Å². The van der Waals surface area contributed by atoms with Gasteiger partial charge < -0.3 is 9.84 Å². The Morgan fingerprint density at radius 1 is 1.29 bits per heavy atom. The fraction of sp³-hybridized carbons (Fsp3) is 0.417. The van der Waals surface area contributed by atoms with Crippen LogP contribution in [0.3, 0.4) is 0 Å². The van der Waals surface area contributed by atoms with Crippen molar-refractivity contribution in [3.63, 3.8) is 0 Å². The Kier molecular flexibility index (Phi) is 4.28. The van der Waals surface area contributed by atoms with Gasteiger partial charge in [0.1, 0.15) is 17.1 Å². The van der Waals surface area contributed by atoms with Crippen molar-refractivity contribution < 1.29 is 18.8 Å². The second-order valence-corrected chi connectivity index (χ2v) is 6.02. The topological polar surface area (TPSA) is 63.6 Å². The van der Waals surface area contributed by atoms with Crippen LogP contribution in [0.2, 0.25) is 0 Å². The molecule has 1 unspecified atom stereocenters. The van der Waals surface area contributed by atoms with Gasteiger partial charge in [-0.15, -0.1) is 0 Å². The van der Waals surface area contributed by atoms with Crippen LogP contribution in [0, 0.1) is 0 Å². The number of aromatic hydroxyl groups is 1. The molecule has 5 heteroatoms. The predicted octanol–water partition coefficient (Wildman–Crippen LogP) is 1.84. The number of phenols is 1. The standard InChI is InChI=1S/C12H16O4S/c1-12(2,3)16-11(14)8-17(15)10-6-4-9(13)5-7-10/h4-7,13H,8H2,1-3H3. The van der Waals surface area contributed by atoms with Crippen molar-refractivity contribution in [3.8, 4) is 5.75 Å². The summed E-state index contributed by atoms with van der Waals surface area (Å²) >= 11 is 0. The van der Waals surface area contributed by atoms with Gasteiger partial charge in [0.25, 0.3) is 0 Å². The Morgan fingerprint density at radius 3 is 2.29 bits per heavy atom. The van der Waals surface area contributed by atoms with E-state index in [0.717, 1.165) is 0 Å². The second kappa shape index (κ2) is 5.31. The van der Waals surface area contributed by atoms with E-state index >= 15 is 0 Å². The van der Waals surface area contributed by atoms with E-state index in [2.05, 4.69) is 0 Å². The van der Waals surface area contributed by atoms with Crippen LogP contribution in [0.25, 0.3) is 0 Å².